The van der Waals surface area contributed by atoms with Crippen LogP contribution in [0.5, 0.6) is 5.75 Å². The van der Waals surface area contributed by atoms with Crippen LogP contribution in [-0.4, -0.2) is 34.4 Å². The van der Waals surface area contributed by atoms with Gasteiger partial charge >= 0.3 is 0 Å². The molecule has 3 nitrogen and oxygen atoms in total. The van der Waals surface area contributed by atoms with Crippen LogP contribution in [0.15, 0.2) is 18.2 Å². The molecule has 0 radical (unpaired) electrons. The fraction of sp³-hybridized carbons (Fsp3) is 0.533. The second-order valence-electron chi connectivity index (χ2n) is 5.29. The van der Waals surface area contributed by atoms with Gasteiger partial charge in [-0.1, -0.05) is 12.8 Å². The highest BCUT2D eigenvalue weighted by atomic mass is 35.5. The minimum atomic E-state index is -0.0272. The number of carbonyl (C=O) groups is 1. The van der Waals surface area contributed by atoms with Crippen molar-refractivity contribution in [1.29, 1.82) is 0 Å². The first-order chi connectivity index (χ1) is 9.00. The summed E-state index contributed by atoms with van der Waals surface area (Å²) in [5.74, 6) is 0.188. The van der Waals surface area contributed by atoms with E-state index in [4.69, 9.17) is 11.6 Å². The van der Waals surface area contributed by atoms with Crippen molar-refractivity contribution >= 4 is 17.5 Å². The lowest BCUT2D eigenvalue weighted by Crippen LogP contribution is -2.44. The zero-order valence-electron chi connectivity index (χ0n) is 11.4. The Labute approximate surface area is 119 Å². The number of hydrogen-bond acceptors (Lipinski definition) is 2. The number of nitrogens with zero attached hydrogens (tertiary/aromatic N) is 1. The van der Waals surface area contributed by atoms with Crippen LogP contribution in [-0.2, 0) is 0 Å². The van der Waals surface area contributed by atoms with E-state index in [1.165, 1.54) is 0 Å². The van der Waals surface area contributed by atoms with Gasteiger partial charge in [0.15, 0.2) is 0 Å². The molecule has 1 N–H and O–H groups in total. The second-order valence-corrected chi connectivity index (χ2v) is 5.85. The standard InChI is InChI=1S/C15H20ClNO2/c1-10-9-11(7-8-14(10)18)15(19)17(2)13-6-4-3-5-12(13)16/h7-9,12-13,18H,3-6H2,1-2H3. The summed E-state index contributed by atoms with van der Waals surface area (Å²) < 4.78 is 0. The zero-order valence-corrected chi connectivity index (χ0v) is 12.2. The van der Waals surface area contributed by atoms with Crippen LogP contribution in [0.2, 0.25) is 0 Å². The summed E-state index contributed by atoms with van der Waals surface area (Å²) in [6.07, 6.45) is 4.21. The van der Waals surface area contributed by atoms with E-state index < -0.39 is 0 Å². The Morgan fingerprint density at radius 1 is 1.37 bits per heavy atom. The van der Waals surface area contributed by atoms with Crippen molar-refractivity contribution < 1.29 is 9.90 Å². The van der Waals surface area contributed by atoms with Crippen LogP contribution in [0.3, 0.4) is 0 Å². The lowest BCUT2D eigenvalue weighted by molar-refractivity contribution is 0.0700. The van der Waals surface area contributed by atoms with Crippen LogP contribution in [0.25, 0.3) is 0 Å². The smallest absolute Gasteiger partial charge is 0.253 e. The molecular formula is C15H20ClNO2. The predicted octanol–water partition coefficient (Wildman–Crippen LogP) is 3.32. The van der Waals surface area contributed by atoms with E-state index in [2.05, 4.69) is 0 Å². The quantitative estimate of drug-likeness (QED) is 0.845. The van der Waals surface area contributed by atoms with Gasteiger partial charge in [-0.25, -0.2) is 0 Å². The van der Waals surface area contributed by atoms with Gasteiger partial charge in [0.25, 0.3) is 5.91 Å². The maximum absolute atomic E-state index is 12.4. The maximum atomic E-state index is 12.4. The molecule has 0 saturated heterocycles. The van der Waals surface area contributed by atoms with Crippen molar-refractivity contribution in [3.8, 4) is 5.75 Å². The minimum Gasteiger partial charge on any atom is -0.508 e. The molecule has 1 amide bonds. The van der Waals surface area contributed by atoms with Crippen molar-refractivity contribution in [2.75, 3.05) is 7.05 Å². The number of alkyl halides is 1. The number of amides is 1. The van der Waals surface area contributed by atoms with E-state index in [1.807, 2.05) is 7.05 Å². The third kappa shape index (κ3) is 3.03. The Morgan fingerprint density at radius 2 is 2.05 bits per heavy atom. The number of rotatable bonds is 2. The summed E-state index contributed by atoms with van der Waals surface area (Å²) in [4.78, 5) is 14.2. The normalized spacial score (nSPS) is 23.1. The molecule has 0 heterocycles. The molecule has 4 heteroatoms. The van der Waals surface area contributed by atoms with Crippen molar-refractivity contribution in [1.82, 2.24) is 4.90 Å². The summed E-state index contributed by atoms with van der Waals surface area (Å²) in [7, 11) is 1.82. The van der Waals surface area contributed by atoms with E-state index in [-0.39, 0.29) is 23.1 Å². The van der Waals surface area contributed by atoms with Gasteiger partial charge in [-0.3, -0.25) is 4.79 Å². The number of phenolic OH excluding ortho intramolecular Hbond substituents is 1. The Balaban J connectivity index is 2.15. The Bertz CT molecular complexity index is 475. The van der Waals surface area contributed by atoms with Gasteiger partial charge in [0.1, 0.15) is 5.75 Å². The molecule has 0 aromatic heterocycles. The van der Waals surface area contributed by atoms with E-state index in [1.54, 1.807) is 30.0 Å². The monoisotopic (exact) mass is 281 g/mol. The molecule has 1 saturated carbocycles. The van der Waals surface area contributed by atoms with Crippen molar-refractivity contribution in [2.45, 2.75) is 44.0 Å². The van der Waals surface area contributed by atoms with E-state index in [0.29, 0.717) is 11.1 Å². The molecule has 0 bridgehead atoms. The highest BCUT2D eigenvalue weighted by Crippen LogP contribution is 2.28. The Hall–Kier alpha value is -1.22. The lowest BCUT2D eigenvalue weighted by atomic mass is 9.93. The predicted molar refractivity (Wildman–Crippen MR) is 76.8 cm³/mol. The highest BCUT2D eigenvalue weighted by Gasteiger charge is 2.29. The number of phenols is 1. The molecule has 0 spiro atoms. The number of hydrogen-bond donors (Lipinski definition) is 1. The van der Waals surface area contributed by atoms with Gasteiger partial charge in [-0.2, -0.15) is 0 Å². The zero-order chi connectivity index (χ0) is 14.0. The topological polar surface area (TPSA) is 40.5 Å². The van der Waals surface area contributed by atoms with E-state index in [9.17, 15) is 9.90 Å². The molecule has 2 rings (SSSR count). The Kier molecular flexibility index (Phi) is 4.35. The van der Waals surface area contributed by atoms with E-state index >= 15 is 0 Å². The largest absolute Gasteiger partial charge is 0.508 e. The average molecular weight is 282 g/mol. The fourth-order valence-electron chi connectivity index (χ4n) is 2.65. The average Bonchev–Trinajstić information content (AvgIpc) is 2.41. The van der Waals surface area contributed by atoms with Crippen LogP contribution in [0.4, 0.5) is 0 Å². The third-order valence-electron chi connectivity index (χ3n) is 3.91. The van der Waals surface area contributed by atoms with Crippen LogP contribution in [0.1, 0.15) is 41.6 Å². The van der Waals surface area contributed by atoms with Gasteiger partial charge in [-0.05, 0) is 43.5 Å². The molecule has 1 aliphatic carbocycles. The third-order valence-corrected chi connectivity index (χ3v) is 4.42. The Morgan fingerprint density at radius 3 is 2.68 bits per heavy atom. The van der Waals surface area contributed by atoms with Crippen molar-refractivity contribution in [3.05, 3.63) is 29.3 Å². The summed E-state index contributed by atoms with van der Waals surface area (Å²) in [5, 5.41) is 9.55. The molecule has 19 heavy (non-hydrogen) atoms. The van der Waals surface area contributed by atoms with Gasteiger partial charge in [0.2, 0.25) is 0 Å². The summed E-state index contributed by atoms with van der Waals surface area (Å²) in [6, 6.07) is 5.06. The maximum Gasteiger partial charge on any atom is 0.253 e. The molecule has 2 unspecified atom stereocenters. The fourth-order valence-corrected chi connectivity index (χ4v) is 3.09. The minimum absolute atomic E-state index is 0.0272. The van der Waals surface area contributed by atoms with Gasteiger partial charge in [0.05, 0.1) is 5.38 Å². The SMILES string of the molecule is Cc1cc(C(=O)N(C)C2CCCCC2Cl)ccc1O. The number of benzene rings is 1. The molecule has 2 atom stereocenters. The first-order valence-electron chi connectivity index (χ1n) is 6.71. The van der Waals surface area contributed by atoms with Crippen LogP contribution >= 0.6 is 11.6 Å². The van der Waals surface area contributed by atoms with E-state index in [0.717, 1.165) is 25.7 Å². The second kappa shape index (κ2) is 5.83. The first kappa shape index (κ1) is 14.2. The number of aryl methyl sites for hydroxylation is 1. The molecule has 0 aliphatic heterocycles. The number of aromatic hydroxyl groups is 1. The van der Waals surface area contributed by atoms with Gasteiger partial charge < -0.3 is 10.0 Å². The molecule has 1 aliphatic rings. The number of carbonyl (C=O) groups excluding carboxylic acids is 1. The highest BCUT2D eigenvalue weighted by molar-refractivity contribution is 6.21. The lowest BCUT2D eigenvalue weighted by Gasteiger charge is -2.35. The first-order valence-corrected chi connectivity index (χ1v) is 7.15. The van der Waals surface area contributed by atoms with Crippen LogP contribution in [0, 0.1) is 6.92 Å². The summed E-state index contributed by atoms with van der Waals surface area (Å²) in [6.45, 7) is 1.79. The summed E-state index contributed by atoms with van der Waals surface area (Å²) in [5.41, 5.74) is 1.32. The summed E-state index contributed by atoms with van der Waals surface area (Å²) >= 11 is 6.33. The van der Waals surface area contributed by atoms with Gasteiger partial charge in [0, 0.05) is 18.7 Å². The molecule has 104 valence electrons. The van der Waals surface area contributed by atoms with Crippen molar-refractivity contribution in [2.24, 2.45) is 0 Å². The number of halogens is 1. The molecular weight excluding hydrogens is 262 g/mol. The van der Waals surface area contributed by atoms with Gasteiger partial charge in [-0.15, -0.1) is 11.6 Å². The molecule has 1 fully saturated rings. The van der Waals surface area contributed by atoms with Crippen LogP contribution < -0.4 is 0 Å². The molecule has 1 aromatic rings. The van der Waals surface area contributed by atoms with Crippen molar-refractivity contribution in [3.63, 3.8) is 0 Å². The molecule has 1 aromatic carbocycles.